The molecule has 3 atom stereocenters. The fraction of sp³-hybridized carbons (Fsp3) is 0.729. The fourth-order valence-corrected chi connectivity index (χ4v) is 6.93. The van der Waals surface area contributed by atoms with Crippen LogP contribution in [0, 0.1) is 0 Å². The molecule has 0 radical (unpaired) electrons. The second-order valence-electron chi connectivity index (χ2n) is 15.5. The Balaban J connectivity index is 4.38. The number of allylic oxidation sites excluding steroid dienone is 10. The number of carbonyl (C=O) groups excluding carboxylic acids is 2. The van der Waals surface area contributed by atoms with Gasteiger partial charge in [-0.2, -0.15) is 0 Å². The highest BCUT2D eigenvalue weighted by Gasteiger charge is 2.28. The van der Waals surface area contributed by atoms with Gasteiger partial charge in [0.2, 0.25) is 0 Å². The van der Waals surface area contributed by atoms with Gasteiger partial charge in [0.1, 0.15) is 12.6 Å². The lowest BCUT2D eigenvalue weighted by Crippen LogP contribution is -2.34. The molecule has 0 fully saturated rings. The number of phosphoric ester groups is 1. The third kappa shape index (κ3) is 41.9. The summed E-state index contributed by atoms with van der Waals surface area (Å²) in [6.45, 7) is 2.67. The molecule has 0 aromatic carbocycles. The number of carboxylic acid groups (broad SMARTS) is 1. The first-order chi connectivity index (χ1) is 29.1. The summed E-state index contributed by atoms with van der Waals surface area (Å²) in [5.41, 5.74) is 5.34. The van der Waals surface area contributed by atoms with Crippen LogP contribution in [0.15, 0.2) is 60.8 Å². The first-order valence-electron chi connectivity index (χ1n) is 23.3. The number of phosphoric acid groups is 1. The average molecular weight is 866 g/mol. The third-order valence-corrected chi connectivity index (χ3v) is 10.7. The van der Waals surface area contributed by atoms with Gasteiger partial charge in [-0.1, -0.05) is 184 Å². The van der Waals surface area contributed by atoms with Crippen LogP contribution in [0.5, 0.6) is 0 Å². The van der Waals surface area contributed by atoms with E-state index < -0.39 is 51.1 Å². The lowest BCUT2D eigenvalue weighted by atomic mass is 10.0. The summed E-state index contributed by atoms with van der Waals surface area (Å²) in [6, 6.07) is -1.53. The molecule has 0 spiro atoms. The standard InChI is InChI=1S/C48H84NO10P/c1-3-5-7-9-11-13-15-17-19-21-22-24-26-28-30-32-34-36-38-40-47(51)59-44(42-57-60(54,55)58-43-45(49)48(52)53)41-56-46(50)39-37-35-33-31-29-27-25-23-20-18-16-14-12-10-8-6-4-2/h5,7,11,13,17,19,22,24,28,30,44-45H,3-4,6,8-10,12,14-16,18,20-21,23,25-27,29,31-43,49H2,1-2H3,(H,52,53)(H,54,55)/b7-5-,13-11-,19-17-,24-22-,30-28-. The molecule has 0 rings (SSSR count). The fourth-order valence-electron chi connectivity index (χ4n) is 6.15. The molecule has 60 heavy (non-hydrogen) atoms. The maximum absolute atomic E-state index is 12.6. The minimum Gasteiger partial charge on any atom is -0.480 e. The van der Waals surface area contributed by atoms with Gasteiger partial charge in [0, 0.05) is 12.8 Å². The summed E-state index contributed by atoms with van der Waals surface area (Å²) in [7, 11) is -4.73. The van der Waals surface area contributed by atoms with E-state index in [9.17, 15) is 23.8 Å². The van der Waals surface area contributed by atoms with Crippen LogP contribution in [0.3, 0.4) is 0 Å². The molecule has 12 heteroatoms. The van der Waals surface area contributed by atoms with Crippen LogP contribution in [0.1, 0.15) is 194 Å². The number of unbranched alkanes of at least 4 members (excludes halogenated alkanes) is 19. The van der Waals surface area contributed by atoms with E-state index in [1.54, 1.807) is 0 Å². The summed E-state index contributed by atoms with van der Waals surface area (Å²) in [4.78, 5) is 46.1. The van der Waals surface area contributed by atoms with E-state index in [0.717, 1.165) is 70.6 Å². The highest BCUT2D eigenvalue weighted by atomic mass is 31.2. The monoisotopic (exact) mass is 866 g/mol. The molecule has 346 valence electrons. The zero-order valence-corrected chi connectivity index (χ0v) is 38.4. The number of esters is 2. The Morgan fingerprint density at radius 1 is 0.533 bits per heavy atom. The first kappa shape index (κ1) is 57.2. The van der Waals surface area contributed by atoms with Crippen LogP contribution < -0.4 is 5.73 Å². The Bertz CT molecular complexity index is 1250. The van der Waals surface area contributed by atoms with Crippen molar-refractivity contribution >= 4 is 25.7 Å². The number of hydrogen-bond donors (Lipinski definition) is 3. The van der Waals surface area contributed by atoms with Gasteiger partial charge in [0.05, 0.1) is 13.2 Å². The van der Waals surface area contributed by atoms with Crippen molar-refractivity contribution < 1.29 is 47.5 Å². The number of nitrogens with two attached hydrogens (primary N) is 1. The highest BCUT2D eigenvalue weighted by molar-refractivity contribution is 7.47. The van der Waals surface area contributed by atoms with Gasteiger partial charge in [-0.05, 0) is 57.8 Å². The van der Waals surface area contributed by atoms with Crippen LogP contribution in [0.4, 0.5) is 0 Å². The van der Waals surface area contributed by atoms with E-state index in [2.05, 4.69) is 79.1 Å². The predicted octanol–water partition coefficient (Wildman–Crippen LogP) is 12.7. The summed E-state index contributed by atoms with van der Waals surface area (Å²) in [5, 5.41) is 8.90. The first-order valence-corrected chi connectivity index (χ1v) is 24.8. The molecule has 0 aromatic rings. The van der Waals surface area contributed by atoms with Gasteiger partial charge in [-0.25, -0.2) is 4.57 Å². The predicted molar refractivity (Wildman–Crippen MR) is 245 cm³/mol. The van der Waals surface area contributed by atoms with Gasteiger partial charge in [0.15, 0.2) is 6.10 Å². The van der Waals surface area contributed by atoms with E-state index in [1.165, 1.54) is 83.5 Å². The number of rotatable bonds is 43. The maximum Gasteiger partial charge on any atom is 0.472 e. The quantitative estimate of drug-likeness (QED) is 0.0230. The molecule has 0 bridgehead atoms. The van der Waals surface area contributed by atoms with Gasteiger partial charge in [0.25, 0.3) is 0 Å². The van der Waals surface area contributed by atoms with E-state index in [4.69, 9.17) is 24.8 Å². The van der Waals surface area contributed by atoms with Crippen molar-refractivity contribution in [1.29, 1.82) is 0 Å². The lowest BCUT2D eigenvalue weighted by molar-refractivity contribution is -0.161. The summed E-state index contributed by atoms with van der Waals surface area (Å²) in [5.74, 6) is -2.42. The van der Waals surface area contributed by atoms with Crippen LogP contribution >= 0.6 is 7.82 Å². The number of carboxylic acids is 1. The molecule has 0 heterocycles. The summed E-state index contributed by atoms with van der Waals surface area (Å²) >= 11 is 0. The van der Waals surface area contributed by atoms with Crippen molar-refractivity contribution in [3.05, 3.63) is 60.8 Å². The normalized spacial score (nSPS) is 14.2. The van der Waals surface area contributed by atoms with Gasteiger partial charge >= 0.3 is 25.7 Å². The van der Waals surface area contributed by atoms with E-state index in [1.807, 2.05) is 0 Å². The van der Waals surface area contributed by atoms with Crippen molar-refractivity contribution in [3.8, 4) is 0 Å². The minimum atomic E-state index is -4.73. The van der Waals surface area contributed by atoms with E-state index >= 15 is 0 Å². The molecule has 0 amide bonds. The number of aliphatic carboxylic acids is 1. The number of hydrogen-bond acceptors (Lipinski definition) is 9. The van der Waals surface area contributed by atoms with Crippen molar-refractivity contribution in [2.75, 3.05) is 19.8 Å². The second kappa shape index (κ2) is 42.9. The average Bonchev–Trinajstić information content (AvgIpc) is 3.22. The van der Waals surface area contributed by atoms with Crippen molar-refractivity contribution in [2.24, 2.45) is 5.73 Å². The zero-order chi connectivity index (χ0) is 44.2. The van der Waals surface area contributed by atoms with E-state index in [0.29, 0.717) is 12.8 Å². The molecule has 0 aliphatic heterocycles. The molecule has 3 unspecified atom stereocenters. The molecule has 0 aromatic heterocycles. The summed E-state index contributed by atoms with van der Waals surface area (Å²) < 4.78 is 32.7. The molecule has 4 N–H and O–H groups in total. The SMILES string of the molecule is CC/C=C\C/C=C\C/C=C\C/C=C\C/C=C\CCCCCC(=O)OC(COC(=O)CCCCCCCCCCCCCCCCCCC)COP(=O)(O)OCC(N)C(=O)O. The number of carbonyl (C=O) groups is 3. The Morgan fingerprint density at radius 2 is 0.933 bits per heavy atom. The Kier molecular flexibility index (Phi) is 40.8. The zero-order valence-electron chi connectivity index (χ0n) is 37.5. The molecule has 0 saturated heterocycles. The van der Waals surface area contributed by atoms with Crippen molar-refractivity contribution in [2.45, 2.75) is 206 Å². The molecule has 0 saturated carbocycles. The summed E-state index contributed by atoms with van der Waals surface area (Å²) in [6.07, 6.45) is 50.0. The largest absolute Gasteiger partial charge is 0.480 e. The molecule has 11 nitrogen and oxygen atoms in total. The Morgan fingerprint density at radius 3 is 1.40 bits per heavy atom. The topological polar surface area (TPSA) is 172 Å². The molecule has 0 aliphatic rings. The Hall–Kier alpha value is -2.82. The van der Waals surface area contributed by atoms with E-state index in [-0.39, 0.29) is 19.4 Å². The van der Waals surface area contributed by atoms with Gasteiger partial charge < -0.3 is 25.2 Å². The van der Waals surface area contributed by atoms with Crippen LogP contribution in [0.2, 0.25) is 0 Å². The van der Waals surface area contributed by atoms with Crippen LogP contribution in [-0.2, 0) is 37.5 Å². The van der Waals surface area contributed by atoms with Crippen molar-refractivity contribution in [1.82, 2.24) is 0 Å². The highest BCUT2D eigenvalue weighted by Crippen LogP contribution is 2.43. The molecular weight excluding hydrogens is 781 g/mol. The smallest absolute Gasteiger partial charge is 0.472 e. The Labute approximate surface area is 364 Å². The maximum atomic E-state index is 12.6. The number of ether oxygens (including phenoxy) is 2. The van der Waals surface area contributed by atoms with Crippen molar-refractivity contribution in [3.63, 3.8) is 0 Å². The third-order valence-electron chi connectivity index (χ3n) is 9.78. The molecular formula is C48H84NO10P. The van der Waals surface area contributed by atoms with Crippen LogP contribution in [-0.4, -0.2) is 59.9 Å². The van der Waals surface area contributed by atoms with Gasteiger partial charge in [-0.15, -0.1) is 0 Å². The lowest BCUT2D eigenvalue weighted by Gasteiger charge is -2.20. The van der Waals surface area contributed by atoms with Crippen LogP contribution in [0.25, 0.3) is 0 Å². The molecule has 0 aliphatic carbocycles. The van der Waals surface area contributed by atoms with Gasteiger partial charge in [-0.3, -0.25) is 23.4 Å². The second-order valence-corrected chi connectivity index (χ2v) is 17.0. The minimum absolute atomic E-state index is 0.121.